The number of rotatable bonds is 7. The molecule has 112 valence electrons. The van der Waals surface area contributed by atoms with Gasteiger partial charge < -0.3 is 14.6 Å². The number of anilines is 2. The minimum Gasteiger partial charge on any atom is -0.467 e. The monoisotopic (exact) mass is 291 g/mol. The average molecular weight is 291 g/mol. The quantitative estimate of drug-likeness (QED) is 0.618. The van der Waals surface area contributed by atoms with Gasteiger partial charge in [0.1, 0.15) is 12.0 Å². The minimum absolute atomic E-state index is 0.120. The van der Waals surface area contributed by atoms with E-state index in [2.05, 4.69) is 15.3 Å². The predicted octanol–water partition coefficient (Wildman–Crippen LogP) is 2.44. The van der Waals surface area contributed by atoms with Crippen molar-refractivity contribution in [1.82, 2.24) is 9.97 Å². The molecule has 0 radical (unpaired) electrons. The lowest BCUT2D eigenvalue weighted by Crippen LogP contribution is -2.24. The fraction of sp³-hybridized carbons (Fsp3) is 0.385. The molecule has 0 spiro atoms. The summed E-state index contributed by atoms with van der Waals surface area (Å²) in [5, 5.41) is 14.1. The van der Waals surface area contributed by atoms with Crippen LogP contribution in [0.1, 0.15) is 19.6 Å². The van der Waals surface area contributed by atoms with Crippen molar-refractivity contribution in [1.29, 1.82) is 0 Å². The van der Waals surface area contributed by atoms with Crippen molar-refractivity contribution in [3.05, 3.63) is 40.5 Å². The van der Waals surface area contributed by atoms with Crippen molar-refractivity contribution < 1.29 is 9.34 Å². The lowest BCUT2D eigenvalue weighted by Gasteiger charge is -2.20. The number of aromatic nitrogens is 2. The summed E-state index contributed by atoms with van der Waals surface area (Å²) in [4.78, 5) is 20.7. The van der Waals surface area contributed by atoms with Gasteiger partial charge in [-0.3, -0.25) is 10.1 Å². The highest BCUT2D eigenvalue weighted by atomic mass is 16.6. The molecule has 0 aliphatic heterocycles. The Kier molecular flexibility index (Phi) is 4.70. The van der Waals surface area contributed by atoms with E-state index in [0.29, 0.717) is 25.6 Å². The molecule has 2 heterocycles. The van der Waals surface area contributed by atoms with Crippen molar-refractivity contribution in [2.24, 2.45) is 0 Å². The van der Waals surface area contributed by atoms with Gasteiger partial charge in [0, 0.05) is 13.1 Å². The van der Waals surface area contributed by atoms with E-state index >= 15 is 0 Å². The first-order chi connectivity index (χ1) is 10.2. The van der Waals surface area contributed by atoms with Crippen LogP contribution in [0.3, 0.4) is 0 Å². The Balaban J connectivity index is 2.36. The number of nitrogens with one attached hydrogen (secondary N) is 1. The highest BCUT2D eigenvalue weighted by molar-refractivity contribution is 5.58. The van der Waals surface area contributed by atoms with Crippen molar-refractivity contribution in [3.8, 4) is 0 Å². The van der Waals surface area contributed by atoms with E-state index in [1.165, 1.54) is 6.20 Å². The van der Waals surface area contributed by atoms with Gasteiger partial charge in [-0.15, -0.1) is 0 Å². The summed E-state index contributed by atoms with van der Waals surface area (Å²) in [5.41, 5.74) is -0.120. The van der Waals surface area contributed by atoms with E-state index < -0.39 is 4.92 Å². The van der Waals surface area contributed by atoms with E-state index in [9.17, 15) is 10.1 Å². The number of hydrogen-bond donors (Lipinski definition) is 1. The molecule has 1 N–H and O–H groups in total. The Morgan fingerprint density at radius 2 is 2.29 bits per heavy atom. The van der Waals surface area contributed by atoms with Gasteiger partial charge in [-0.2, -0.15) is 4.98 Å². The Labute approximate surface area is 122 Å². The fourth-order valence-electron chi connectivity index (χ4n) is 1.90. The van der Waals surface area contributed by atoms with Gasteiger partial charge in [-0.05, 0) is 26.0 Å². The van der Waals surface area contributed by atoms with Gasteiger partial charge in [0.15, 0.2) is 0 Å². The molecule has 0 aromatic carbocycles. The second-order valence-electron chi connectivity index (χ2n) is 4.28. The standard InChI is InChI=1S/C13H17N5O3/c1-3-14-13-15-8-11(18(19)20)12(16-13)17(4-2)9-10-6-5-7-21-10/h5-8H,3-4,9H2,1-2H3,(H,14,15,16). The molecule has 0 saturated heterocycles. The van der Waals surface area contributed by atoms with Gasteiger partial charge in [-0.1, -0.05) is 0 Å². The number of furan rings is 1. The van der Waals surface area contributed by atoms with Gasteiger partial charge in [0.25, 0.3) is 0 Å². The van der Waals surface area contributed by atoms with Crippen LogP contribution in [0.15, 0.2) is 29.0 Å². The molecular formula is C13H17N5O3. The van der Waals surface area contributed by atoms with E-state index in [1.54, 1.807) is 17.2 Å². The molecule has 2 rings (SSSR count). The topological polar surface area (TPSA) is 97.3 Å². The van der Waals surface area contributed by atoms with Crippen LogP contribution in [0.2, 0.25) is 0 Å². The maximum absolute atomic E-state index is 11.2. The fourth-order valence-corrected chi connectivity index (χ4v) is 1.90. The first kappa shape index (κ1) is 14.8. The zero-order chi connectivity index (χ0) is 15.2. The zero-order valence-corrected chi connectivity index (χ0v) is 11.9. The second-order valence-corrected chi connectivity index (χ2v) is 4.28. The SMILES string of the molecule is CCNc1ncc([N+](=O)[O-])c(N(CC)Cc2ccco2)n1. The van der Waals surface area contributed by atoms with Gasteiger partial charge >= 0.3 is 5.69 Å². The molecule has 0 aliphatic carbocycles. The maximum atomic E-state index is 11.2. The normalized spacial score (nSPS) is 10.4. The molecule has 0 aliphatic rings. The molecule has 0 atom stereocenters. The molecule has 0 unspecified atom stereocenters. The van der Waals surface area contributed by atoms with Crippen molar-refractivity contribution in [3.63, 3.8) is 0 Å². The summed E-state index contributed by atoms with van der Waals surface area (Å²) in [7, 11) is 0. The van der Waals surface area contributed by atoms with Gasteiger partial charge in [0.05, 0.1) is 17.7 Å². The first-order valence-electron chi connectivity index (χ1n) is 6.68. The molecule has 8 heteroatoms. The lowest BCUT2D eigenvalue weighted by atomic mass is 10.3. The third-order valence-corrected chi connectivity index (χ3v) is 2.89. The van der Waals surface area contributed by atoms with E-state index in [1.807, 2.05) is 19.9 Å². The molecule has 0 saturated carbocycles. The lowest BCUT2D eigenvalue weighted by molar-refractivity contribution is -0.384. The molecule has 21 heavy (non-hydrogen) atoms. The summed E-state index contributed by atoms with van der Waals surface area (Å²) in [6.45, 7) is 5.42. The molecule has 0 bridgehead atoms. The van der Waals surface area contributed by atoms with Crippen LogP contribution in [0.5, 0.6) is 0 Å². The molecule has 0 amide bonds. The first-order valence-corrected chi connectivity index (χ1v) is 6.68. The molecule has 8 nitrogen and oxygen atoms in total. The summed E-state index contributed by atoms with van der Waals surface area (Å²) in [5.74, 6) is 1.37. The van der Waals surface area contributed by atoms with Crippen molar-refractivity contribution >= 4 is 17.5 Å². The van der Waals surface area contributed by atoms with Gasteiger partial charge in [-0.25, -0.2) is 4.98 Å². The number of nitrogens with zero attached hydrogens (tertiary/aromatic N) is 4. The average Bonchev–Trinajstić information content (AvgIpc) is 2.97. The number of nitro groups is 1. The molecule has 2 aromatic rings. The summed E-state index contributed by atoms with van der Waals surface area (Å²) < 4.78 is 5.29. The third kappa shape index (κ3) is 3.47. The predicted molar refractivity (Wildman–Crippen MR) is 78.3 cm³/mol. The summed E-state index contributed by atoms with van der Waals surface area (Å²) in [6.07, 6.45) is 2.80. The summed E-state index contributed by atoms with van der Waals surface area (Å²) in [6, 6.07) is 3.60. The van der Waals surface area contributed by atoms with E-state index in [0.717, 1.165) is 5.76 Å². The minimum atomic E-state index is -0.476. The van der Waals surface area contributed by atoms with Crippen LogP contribution in [-0.4, -0.2) is 28.0 Å². The highest BCUT2D eigenvalue weighted by Gasteiger charge is 2.22. The Bertz CT molecular complexity index is 600. The van der Waals surface area contributed by atoms with Crippen molar-refractivity contribution in [2.75, 3.05) is 23.3 Å². The van der Waals surface area contributed by atoms with Crippen LogP contribution >= 0.6 is 0 Å². The van der Waals surface area contributed by atoms with Crippen LogP contribution < -0.4 is 10.2 Å². The van der Waals surface area contributed by atoms with Gasteiger partial charge in [0.2, 0.25) is 11.8 Å². The van der Waals surface area contributed by atoms with Crippen LogP contribution in [0, 0.1) is 10.1 Å². The largest absolute Gasteiger partial charge is 0.467 e. The van der Waals surface area contributed by atoms with Crippen LogP contribution in [-0.2, 0) is 6.54 Å². The maximum Gasteiger partial charge on any atom is 0.329 e. The van der Waals surface area contributed by atoms with Crippen molar-refractivity contribution in [2.45, 2.75) is 20.4 Å². The Morgan fingerprint density at radius 3 is 2.86 bits per heavy atom. The Morgan fingerprint density at radius 1 is 1.48 bits per heavy atom. The summed E-state index contributed by atoms with van der Waals surface area (Å²) >= 11 is 0. The van der Waals surface area contributed by atoms with E-state index in [4.69, 9.17) is 4.42 Å². The van der Waals surface area contributed by atoms with Crippen LogP contribution in [0.25, 0.3) is 0 Å². The molecule has 2 aromatic heterocycles. The second kappa shape index (κ2) is 6.69. The molecular weight excluding hydrogens is 274 g/mol. The Hall–Kier alpha value is -2.64. The van der Waals surface area contributed by atoms with E-state index in [-0.39, 0.29) is 11.5 Å². The third-order valence-electron chi connectivity index (χ3n) is 2.89. The number of hydrogen-bond acceptors (Lipinski definition) is 7. The molecule has 0 fully saturated rings. The highest BCUT2D eigenvalue weighted by Crippen LogP contribution is 2.27. The van der Waals surface area contributed by atoms with Crippen LogP contribution in [0.4, 0.5) is 17.5 Å². The zero-order valence-electron chi connectivity index (χ0n) is 11.9. The smallest absolute Gasteiger partial charge is 0.329 e.